The van der Waals surface area contributed by atoms with Gasteiger partial charge in [0.2, 0.25) is 11.8 Å². The topological polar surface area (TPSA) is 58.2 Å². The zero-order valence-electron chi connectivity index (χ0n) is 11.1. The van der Waals surface area contributed by atoms with Crippen LogP contribution in [-0.4, -0.2) is 11.8 Å². The Morgan fingerprint density at radius 1 is 1.00 bits per heavy atom. The summed E-state index contributed by atoms with van der Waals surface area (Å²) in [5.74, 6) is -0.568. The van der Waals surface area contributed by atoms with E-state index in [0.29, 0.717) is 5.69 Å². The predicted molar refractivity (Wildman–Crippen MR) is 73.7 cm³/mol. The van der Waals surface area contributed by atoms with E-state index in [9.17, 15) is 14.0 Å². The predicted octanol–water partition coefficient (Wildman–Crippen LogP) is 2.91. The molecule has 0 aromatic heterocycles. The maximum Gasteiger partial charge on any atom is 0.227 e. The van der Waals surface area contributed by atoms with Crippen LogP contribution in [0.4, 0.5) is 15.8 Å². The van der Waals surface area contributed by atoms with E-state index >= 15 is 0 Å². The first-order chi connectivity index (χ1) is 9.63. The van der Waals surface area contributed by atoms with Gasteiger partial charge in [0.25, 0.3) is 0 Å². The van der Waals surface area contributed by atoms with Gasteiger partial charge < -0.3 is 10.6 Å². The van der Waals surface area contributed by atoms with Crippen molar-refractivity contribution in [3.8, 4) is 0 Å². The molecule has 2 N–H and O–H groups in total. The lowest BCUT2D eigenvalue weighted by molar-refractivity contribution is -0.122. The lowest BCUT2D eigenvalue weighted by atomic mass is 9.85. The lowest BCUT2D eigenvalue weighted by Crippen LogP contribution is -2.28. The molecule has 0 radical (unpaired) electrons. The van der Waals surface area contributed by atoms with E-state index in [-0.39, 0.29) is 29.3 Å². The van der Waals surface area contributed by atoms with Crippen molar-refractivity contribution in [3.63, 3.8) is 0 Å². The number of rotatable bonds is 4. The average Bonchev–Trinajstić information content (AvgIpc) is 3.15. The van der Waals surface area contributed by atoms with Crippen LogP contribution in [-0.2, 0) is 9.59 Å². The van der Waals surface area contributed by atoms with Crippen LogP contribution in [0.5, 0.6) is 0 Å². The summed E-state index contributed by atoms with van der Waals surface area (Å²) in [5, 5.41) is 5.35. The highest BCUT2D eigenvalue weighted by atomic mass is 19.1. The summed E-state index contributed by atoms with van der Waals surface area (Å²) in [6.45, 7) is 0. The molecule has 3 rings (SSSR count). The van der Waals surface area contributed by atoms with E-state index in [2.05, 4.69) is 10.6 Å². The molecule has 5 heteroatoms. The van der Waals surface area contributed by atoms with Crippen molar-refractivity contribution in [2.45, 2.75) is 32.1 Å². The minimum Gasteiger partial charge on any atom is -0.326 e. The highest BCUT2D eigenvalue weighted by Crippen LogP contribution is 2.31. The van der Waals surface area contributed by atoms with Crippen LogP contribution < -0.4 is 10.6 Å². The average molecular weight is 276 g/mol. The maximum atomic E-state index is 13.7. The quantitative estimate of drug-likeness (QED) is 0.888. The van der Waals surface area contributed by atoms with Crippen LogP contribution in [0.15, 0.2) is 18.2 Å². The first kappa shape index (κ1) is 13.1. The van der Waals surface area contributed by atoms with Crippen molar-refractivity contribution in [2.75, 3.05) is 10.6 Å². The third-order valence-corrected chi connectivity index (χ3v) is 3.92. The molecule has 0 aliphatic heterocycles. The summed E-state index contributed by atoms with van der Waals surface area (Å²) < 4.78 is 13.7. The molecule has 2 saturated carbocycles. The van der Waals surface area contributed by atoms with E-state index in [1.165, 1.54) is 18.2 Å². The summed E-state index contributed by atoms with van der Waals surface area (Å²) >= 11 is 0. The molecule has 0 heterocycles. The Labute approximate surface area is 116 Å². The second-order valence-electron chi connectivity index (χ2n) is 5.58. The molecule has 0 atom stereocenters. The van der Waals surface area contributed by atoms with Crippen molar-refractivity contribution in [2.24, 2.45) is 11.8 Å². The Balaban J connectivity index is 1.68. The van der Waals surface area contributed by atoms with Gasteiger partial charge in [0.05, 0.1) is 5.69 Å². The van der Waals surface area contributed by atoms with Crippen molar-refractivity contribution in [1.82, 2.24) is 0 Å². The molecule has 2 amide bonds. The number of anilines is 2. The number of halogens is 1. The first-order valence-corrected chi connectivity index (χ1v) is 7.05. The Morgan fingerprint density at radius 3 is 2.25 bits per heavy atom. The molecule has 0 saturated heterocycles. The SMILES string of the molecule is O=C(Nc1ccc(F)c(NC(=O)C2CC2)c1)C1CCC1. The second-order valence-corrected chi connectivity index (χ2v) is 5.58. The molecule has 0 spiro atoms. The Morgan fingerprint density at radius 2 is 1.65 bits per heavy atom. The van der Waals surface area contributed by atoms with Crippen molar-refractivity contribution in [3.05, 3.63) is 24.0 Å². The molecule has 2 aliphatic rings. The third-order valence-electron chi connectivity index (χ3n) is 3.92. The van der Waals surface area contributed by atoms with Crippen LogP contribution in [0.2, 0.25) is 0 Å². The van der Waals surface area contributed by atoms with Gasteiger partial charge in [0.15, 0.2) is 0 Å². The number of carbonyl (C=O) groups excluding carboxylic acids is 2. The highest BCUT2D eigenvalue weighted by Gasteiger charge is 2.30. The molecular weight excluding hydrogens is 259 g/mol. The molecular formula is C15H17FN2O2. The Bertz CT molecular complexity index is 551. The minimum absolute atomic E-state index is 0.0163. The van der Waals surface area contributed by atoms with Crippen LogP contribution in [0.25, 0.3) is 0 Å². The van der Waals surface area contributed by atoms with Crippen molar-refractivity contribution < 1.29 is 14.0 Å². The van der Waals surface area contributed by atoms with Gasteiger partial charge in [-0.3, -0.25) is 9.59 Å². The van der Waals surface area contributed by atoms with Crippen LogP contribution in [0.3, 0.4) is 0 Å². The van der Waals surface area contributed by atoms with E-state index in [4.69, 9.17) is 0 Å². The van der Waals surface area contributed by atoms with Gasteiger partial charge >= 0.3 is 0 Å². The van der Waals surface area contributed by atoms with Crippen LogP contribution in [0, 0.1) is 17.7 Å². The molecule has 0 bridgehead atoms. The molecule has 1 aromatic rings. The number of hydrogen-bond donors (Lipinski definition) is 2. The number of hydrogen-bond acceptors (Lipinski definition) is 2. The van der Waals surface area contributed by atoms with Gasteiger partial charge in [-0.05, 0) is 43.9 Å². The van der Waals surface area contributed by atoms with Gasteiger partial charge in [0, 0.05) is 17.5 Å². The van der Waals surface area contributed by atoms with Crippen LogP contribution >= 0.6 is 0 Å². The fourth-order valence-corrected chi connectivity index (χ4v) is 2.19. The van der Waals surface area contributed by atoms with E-state index in [0.717, 1.165) is 32.1 Å². The van der Waals surface area contributed by atoms with Gasteiger partial charge in [0.1, 0.15) is 5.82 Å². The van der Waals surface area contributed by atoms with E-state index in [1.54, 1.807) is 0 Å². The minimum atomic E-state index is -0.486. The third kappa shape index (κ3) is 2.81. The van der Waals surface area contributed by atoms with E-state index < -0.39 is 5.82 Å². The smallest absolute Gasteiger partial charge is 0.227 e. The highest BCUT2D eigenvalue weighted by molar-refractivity contribution is 5.96. The number of amides is 2. The molecule has 1 aromatic carbocycles. The molecule has 2 fully saturated rings. The zero-order valence-corrected chi connectivity index (χ0v) is 11.1. The van der Waals surface area contributed by atoms with E-state index in [1.807, 2.05) is 0 Å². The van der Waals surface area contributed by atoms with Crippen molar-refractivity contribution in [1.29, 1.82) is 0 Å². The summed E-state index contributed by atoms with van der Waals surface area (Å²) in [5.41, 5.74) is 0.655. The second kappa shape index (κ2) is 5.23. The number of benzene rings is 1. The zero-order chi connectivity index (χ0) is 14.1. The van der Waals surface area contributed by atoms with Gasteiger partial charge in [-0.2, -0.15) is 0 Å². The monoisotopic (exact) mass is 276 g/mol. The van der Waals surface area contributed by atoms with Crippen molar-refractivity contribution >= 4 is 23.2 Å². The summed E-state index contributed by atoms with van der Waals surface area (Å²) in [6, 6.07) is 4.25. The normalized spacial score (nSPS) is 18.2. The fraction of sp³-hybridized carbons (Fsp3) is 0.467. The number of carbonyl (C=O) groups is 2. The summed E-state index contributed by atoms with van der Waals surface area (Å²) in [7, 11) is 0. The molecule has 20 heavy (non-hydrogen) atoms. The maximum absolute atomic E-state index is 13.7. The summed E-state index contributed by atoms with van der Waals surface area (Å²) in [6.07, 6.45) is 4.65. The van der Waals surface area contributed by atoms with Gasteiger partial charge in [-0.25, -0.2) is 4.39 Å². The Hall–Kier alpha value is -1.91. The Kier molecular flexibility index (Phi) is 3.42. The molecule has 106 valence electrons. The molecule has 2 aliphatic carbocycles. The largest absolute Gasteiger partial charge is 0.326 e. The standard InChI is InChI=1S/C15H17FN2O2/c16-12-7-6-11(17-14(19)9-2-1-3-9)8-13(12)18-15(20)10-4-5-10/h6-10H,1-5H2,(H,17,19)(H,18,20). The summed E-state index contributed by atoms with van der Waals surface area (Å²) in [4.78, 5) is 23.5. The van der Waals surface area contributed by atoms with Gasteiger partial charge in [-0.15, -0.1) is 0 Å². The first-order valence-electron chi connectivity index (χ1n) is 7.05. The number of nitrogens with one attached hydrogen (secondary N) is 2. The van der Waals surface area contributed by atoms with Gasteiger partial charge in [-0.1, -0.05) is 6.42 Å². The lowest BCUT2D eigenvalue weighted by Gasteiger charge is -2.24. The molecule has 0 unspecified atom stereocenters. The van der Waals surface area contributed by atoms with Crippen LogP contribution in [0.1, 0.15) is 32.1 Å². The fourth-order valence-electron chi connectivity index (χ4n) is 2.19. The molecule has 4 nitrogen and oxygen atoms in total.